The van der Waals surface area contributed by atoms with Crippen LogP contribution < -0.4 is 14.8 Å². The van der Waals surface area contributed by atoms with E-state index in [0.29, 0.717) is 5.88 Å². The van der Waals surface area contributed by atoms with Gasteiger partial charge < -0.3 is 14.6 Å². The first kappa shape index (κ1) is 10.1. The van der Waals surface area contributed by atoms with E-state index in [-0.39, 0.29) is 11.6 Å². The van der Waals surface area contributed by atoms with Crippen LogP contribution in [0.25, 0.3) is 0 Å². The summed E-state index contributed by atoms with van der Waals surface area (Å²) in [5.74, 6) is 0.532. The fourth-order valence-electron chi connectivity index (χ4n) is 0.903. The highest BCUT2D eigenvalue weighted by atomic mass is 16.5. The predicted octanol–water partition coefficient (Wildman–Crippen LogP) is 1.19. The third-order valence-electron chi connectivity index (χ3n) is 1.48. The van der Waals surface area contributed by atoms with Crippen molar-refractivity contribution in [1.82, 2.24) is 4.98 Å². The average Bonchev–Trinajstić information content (AvgIpc) is 2.17. The number of hydrogen-bond donors (Lipinski definition) is 2. The van der Waals surface area contributed by atoms with Crippen molar-refractivity contribution in [1.29, 1.82) is 0 Å². The lowest BCUT2D eigenvalue weighted by molar-refractivity contribution is 0.209. The Morgan fingerprint density at radius 1 is 1.43 bits per heavy atom. The van der Waals surface area contributed by atoms with Crippen LogP contribution in [0.4, 0.5) is 10.5 Å². The zero-order chi connectivity index (χ0) is 10.6. The Hall–Kier alpha value is -1.98. The Labute approximate surface area is 80.5 Å². The largest absolute Gasteiger partial charge is 0.481 e. The maximum absolute atomic E-state index is 10.4. The van der Waals surface area contributed by atoms with E-state index < -0.39 is 6.09 Å². The van der Waals surface area contributed by atoms with Gasteiger partial charge in [0.1, 0.15) is 5.69 Å². The number of aromatic nitrogens is 1. The molecule has 6 nitrogen and oxygen atoms in total. The van der Waals surface area contributed by atoms with Gasteiger partial charge in [-0.3, -0.25) is 5.32 Å². The number of rotatable bonds is 3. The number of anilines is 1. The predicted molar refractivity (Wildman–Crippen MR) is 49.0 cm³/mol. The van der Waals surface area contributed by atoms with Crippen LogP contribution in [0.15, 0.2) is 12.1 Å². The summed E-state index contributed by atoms with van der Waals surface area (Å²) < 4.78 is 9.72. The molecule has 0 radical (unpaired) electrons. The van der Waals surface area contributed by atoms with E-state index in [1.54, 1.807) is 0 Å². The molecule has 0 atom stereocenters. The number of nitrogens with zero attached hydrogens (tertiary/aromatic N) is 1. The third-order valence-corrected chi connectivity index (χ3v) is 1.48. The summed E-state index contributed by atoms with van der Waals surface area (Å²) >= 11 is 0. The number of nitrogens with one attached hydrogen (secondary N) is 1. The minimum Gasteiger partial charge on any atom is -0.481 e. The summed E-state index contributed by atoms with van der Waals surface area (Å²) in [7, 11) is 2.86. The molecule has 14 heavy (non-hydrogen) atoms. The van der Waals surface area contributed by atoms with Crippen molar-refractivity contribution in [2.45, 2.75) is 0 Å². The molecule has 1 rings (SSSR count). The van der Waals surface area contributed by atoms with E-state index in [0.717, 1.165) is 0 Å². The molecule has 0 aliphatic heterocycles. The molecule has 1 aromatic heterocycles. The van der Waals surface area contributed by atoms with Gasteiger partial charge >= 0.3 is 6.09 Å². The molecule has 0 bridgehead atoms. The second-order valence-electron chi connectivity index (χ2n) is 2.34. The molecular weight excluding hydrogens is 188 g/mol. The van der Waals surface area contributed by atoms with Gasteiger partial charge in [-0.05, 0) is 6.07 Å². The quantitative estimate of drug-likeness (QED) is 0.762. The number of pyridine rings is 1. The average molecular weight is 198 g/mol. The molecule has 0 fully saturated rings. The van der Waals surface area contributed by atoms with Crippen molar-refractivity contribution in [3.05, 3.63) is 12.1 Å². The van der Waals surface area contributed by atoms with Crippen molar-refractivity contribution in [3.63, 3.8) is 0 Å². The Bertz CT molecular complexity index is 340. The summed E-state index contributed by atoms with van der Waals surface area (Å²) in [6.07, 6.45) is -1.17. The molecule has 0 aromatic carbocycles. The minimum absolute atomic E-state index is 0.173. The Morgan fingerprint density at radius 3 is 2.64 bits per heavy atom. The van der Waals surface area contributed by atoms with Gasteiger partial charge in [-0.15, -0.1) is 0 Å². The Morgan fingerprint density at radius 2 is 2.14 bits per heavy atom. The van der Waals surface area contributed by atoms with Crippen molar-refractivity contribution >= 4 is 11.8 Å². The zero-order valence-corrected chi connectivity index (χ0v) is 7.77. The lowest BCUT2D eigenvalue weighted by atomic mass is 10.4. The van der Waals surface area contributed by atoms with Crippen LogP contribution in [0.5, 0.6) is 11.8 Å². The van der Waals surface area contributed by atoms with Gasteiger partial charge in [-0.2, -0.15) is 4.98 Å². The number of amides is 1. The van der Waals surface area contributed by atoms with E-state index in [1.807, 2.05) is 0 Å². The first-order valence-electron chi connectivity index (χ1n) is 3.76. The van der Waals surface area contributed by atoms with Gasteiger partial charge in [0, 0.05) is 6.07 Å². The SMILES string of the molecule is COc1ccc(NC(=O)O)c(OC)n1. The summed E-state index contributed by atoms with van der Waals surface area (Å²) in [4.78, 5) is 14.3. The summed E-state index contributed by atoms with van der Waals surface area (Å²) in [5.41, 5.74) is 0.279. The molecule has 2 N–H and O–H groups in total. The van der Waals surface area contributed by atoms with E-state index in [2.05, 4.69) is 10.3 Å². The second-order valence-corrected chi connectivity index (χ2v) is 2.34. The molecule has 1 amide bonds. The van der Waals surface area contributed by atoms with Crippen molar-refractivity contribution in [3.8, 4) is 11.8 Å². The fourth-order valence-corrected chi connectivity index (χ4v) is 0.903. The summed E-state index contributed by atoms with van der Waals surface area (Å²) in [6, 6.07) is 3.05. The van der Waals surface area contributed by atoms with E-state index in [1.165, 1.54) is 26.4 Å². The zero-order valence-electron chi connectivity index (χ0n) is 7.77. The lowest BCUT2D eigenvalue weighted by Crippen LogP contribution is -2.09. The van der Waals surface area contributed by atoms with Gasteiger partial charge in [0.05, 0.1) is 14.2 Å². The highest BCUT2D eigenvalue weighted by Gasteiger charge is 2.08. The van der Waals surface area contributed by atoms with Crippen LogP contribution in [0.3, 0.4) is 0 Å². The van der Waals surface area contributed by atoms with E-state index in [9.17, 15) is 4.79 Å². The monoisotopic (exact) mass is 198 g/mol. The molecule has 76 valence electrons. The smallest absolute Gasteiger partial charge is 0.409 e. The topological polar surface area (TPSA) is 80.7 Å². The number of carbonyl (C=O) groups is 1. The number of ether oxygens (including phenoxy) is 2. The maximum Gasteiger partial charge on any atom is 0.409 e. The molecular formula is C8H10N2O4. The van der Waals surface area contributed by atoms with Gasteiger partial charge in [0.25, 0.3) is 0 Å². The van der Waals surface area contributed by atoms with Gasteiger partial charge in [-0.25, -0.2) is 4.79 Å². The molecule has 1 aromatic rings. The Kier molecular flexibility index (Phi) is 3.11. The first-order chi connectivity index (χ1) is 6.67. The molecule has 0 aliphatic carbocycles. The van der Waals surface area contributed by atoms with Crippen LogP contribution in [0.1, 0.15) is 0 Å². The lowest BCUT2D eigenvalue weighted by Gasteiger charge is -2.07. The maximum atomic E-state index is 10.4. The van der Waals surface area contributed by atoms with Crippen molar-refractivity contribution in [2.75, 3.05) is 19.5 Å². The highest BCUT2D eigenvalue weighted by molar-refractivity contribution is 5.84. The molecule has 0 unspecified atom stereocenters. The molecule has 0 saturated heterocycles. The molecule has 1 heterocycles. The van der Waals surface area contributed by atoms with Crippen LogP contribution >= 0.6 is 0 Å². The number of methoxy groups -OCH3 is 2. The molecule has 0 spiro atoms. The van der Waals surface area contributed by atoms with E-state index >= 15 is 0 Å². The minimum atomic E-state index is -1.17. The van der Waals surface area contributed by atoms with Crippen LogP contribution in [0, 0.1) is 0 Å². The van der Waals surface area contributed by atoms with E-state index in [4.69, 9.17) is 14.6 Å². The molecule has 0 aliphatic rings. The molecule has 0 saturated carbocycles. The van der Waals surface area contributed by atoms with Gasteiger partial charge in [0.15, 0.2) is 0 Å². The van der Waals surface area contributed by atoms with Crippen LogP contribution in [0.2, 0.25) is 0 Å². The van der Waals surface area contributed by atoms with Gasteiger partial charge in [-0.1, -0.05) is 0 Å². The Balaban J connectivity index is 2.98. The third kappa shape index (κ3) is 2.25. The van der Waals surface area contributed by atoms with Crippen LogP contribution in [-0.2, 0) is 0 Å². The fraction of sp³-hybridized carbons (Fsp3) is 0.250. The standard InChI is InChI=1S/C8H10N2O4/c1-13-6-4-3-5(9-8(11)12)7(10-6)14-2/h3-4,9H,1-2H3,(H,11,12). The number of carboxylic acid groups (broad SMARTS) is 1. The van der Waals surface area contributed by atoms with Crippen molar-refractivity contribution < 1.29 is 19.4 Å². The first-order valence-corrected chi connectivity index (χ1v) is 3.76. The van der Waals surface area contributed by atoms with Gasteiger partial charge in [0.2, 0.25) is 11.8 Å². The van der Waals surface area contributed by atoms with Crippen molar-refractivity contribution in [2.24, 2.45) is 0 Å². The summed E-state index contributed by atoms with van der Waals surface area (Å²) in [5, 5.41) is 10.6. The highest BCUT2D eigenvalue weighted by Crippen LogP contribution is 2.24. The second kappa shape index (κ2) is 4.31. The number of hydrogen-bond acceptors (Lipinski definition) is 4. The molecule has 6 heteroatoms. The summed E-state index contributed by atoms with van der Waals surface area (Å²) in [6.45, 7) is 0. The van der Waals surface area contributed by atoms with Crippen LogP contribution in [-0.4, -0.2) is 30.4 Å². The normalized spacial score (nSPS) is 9.29.